The van der Waals surface area contributed by atoms with Crippen LogP contribution in [0.25, 0.3) is 5.57 Å². The Hall–Kier alpha value is -2.44. The molecule has 0 aliphatic carbocycles. The topological polar surface area (TPSA) is 73.7 Å². The molecule has 0 radical (unpaired) electrons. The minimum atomic E-state index is -1.00. The number of aromatic nitrogens is 1. The fraction of sp³-hybridized carbons (Fsp3) is 0.125. The van der Waals surface area contributed by atoms with E-state index in [1.807, 2.05) is 36.4 Å². The zero-order valence-electron chi connectivity index (χ0n) is 11.8. The summed E-state index contributed by atoms with van der Waals surface area (Å²) in [7, 11) is 0. The molecule has 0 bridgehead atoms. The summed E-state index contributed by atoms with van der Waals surface area (Å²) in [6.45, 7) is 1.65. The molecule has 1 aliphatic heterocycles. The van der Waals surface area contributed by atoms with Crippen LogP contribution in [-0.2, 0) is 0 Å². The van der Waals surface area contributed by atoms with E-state index in [2.05, 4.69) is 4.98 Å². The van der Waals surface area contributed by atoms with Gasteiger partial charge >= 0.3 is 5.97 Å². The number of anilines is 1. The predicted octanol–water partition coefficient (Wildman–Crippen LogP) is 2.89. The van der Waals surface area contributed by atoms with Crippen molar-refractivity contribution in [1.29, 1.82) is 0 Å². The van der Waals surface area contributed by atoms with Crippen molar-refractivity contribution in [2.45, 2.75) is 13.2 Å². The molecule has 2 aromatic rings. The lowest BCUT2D eigenvalue weighted by atomic mass is 10.0. The van der Waals surface area contributed by atoms with Gasteiger partial charge in [-0.25, -0.2) is 9.78 Å². The maximum Gasteiger partial charge on any atom is 0.347 e. The average Bonchev–Trinajstić information content (AvgIpc) is 2.90. The highest BCUT2D eigenvalue weighted by atomic mass is 32.1. The fourth-order valence-electron chi connectivity index (χ4n) is 2.24. The van der Waals surface area contributed by atoms with E-state index in [4.69, 9.17) is 5.11 Å². The number of carbonyl (C=O) groups is 1. The minimum Gasteiger partial charge on any atom is -0.477 e. The zero-order valence-corrected chi connectivity index (χ0v) is 12.6. The molecule has 2 heterocycles. The Kier molecular flexibility index (Phi) is 3.79. The van der Waals surface area contributed by atoms with Crippen molar-refractivity contribution >= 4 is 28.0 Å². The van der Waals surface area contributed by atoms with Crippen molar-refractivity contribution in [2.75, 3.05) is 4.90 Å². The Bertz CT molecular complexity index is 765. The normalized spacial score (nSPS) is 17.5. The summed E-state index contributed by atoms with van der Waals surface area (Å²) >= 11 is 1.05. The lowest BCUT2D eigenvalue weighted by Gasteiger charge is -2.25. The Morgan fingerprint density at radius 2 is 2.05 bits per heavy atom. The molecular formula is C16H14N2O3S. The van der Waals surface area contributed by atoms with E-state index < -0.39 is 12.2 Å². The monoisotopic (exact) mass is 314 g/mol. The Labute approximate surface area is 131 Å². The number of aliphatic hydroxyl groups is 1. The zero-order chi connectivity index (χ0) is 15.7. The van der Waals surface area contributed by atoms with E-state index in [0.29, 0.717) is 10.8 Å². The van der Waals surface area contributed by atoms with E-state index in [0.717, 1.165) is 22.5 Å². The van der Waals surface area contributed by atoms with E-state index in [1.54, 1.807) is 24.1 Å². The van der Waals surface area contributed by atoms with Gasteiger partial charge in [0, 0.05) is 6.20 Å². The summed E-state index contributed by atoms with van der Waals surface area (Å²) in [6.07, 6.45) is 4.43. The second kappa shape index (κ2) is 5.75. The van der Waals surface area contributed by atoms with Crippen LogP contribution in [0.2, 0.25) is 0 Å². The number of thiazole rings is 1. The van der Waals surface area contributed by atoms with Crippen LogP contribution in [-0.4, -0.2) is 27.4 Å². The number of benzene rings is 1. The van der Waals surface area contributed by atoms with Crippen LogP contribution >= 0.6 is 11.3 Å². The molecule has 1 aromatic carbocycles. The number of aromatic carboxylic acids is 1. The summed E-state index contributed by atoms with van der Waals surface area (Å²) in [5.74, 6) is -1.00. The third kappa shape index (κ3) is 2.66. The van der Waals surface area contributed by atoms with Gasteiger partial charge in [0.1, 0.15) is 4.88 Å². The number of carboxylic acids is 1. The number of hydrogen-bond donors (Lipinski definition) is 2. The van der Waals surface area contributed by atoms with E-state index >= 15 is 0 Å². The summed E-state index contributed by atoms with van der Waals surface area (Å²) in [5, 5.41) is 19.9. The van der Waals surface area contributed by atoms with Crippen LogP contribution in [0.5, 0.6) is 0 Å². The van der Waals surface area contributed by atoms with E-state index in [-0.39, 0.29) is 4.88 Å². The van der Waals surface area contributed by atoms with Crippen LogP contribution in [0.3, 0.4) is 0 Å². The number of allylic oxidation sites excluding steroid dienone is 2. The summed E-state index contributed by atoms with van der Waals surface area (Å²) < 4.78 is 0. The van der Waals surface area contributed by atoms with Crippen LogP contribution in [0, 0.1) is 6.92 Å². The van der Waals surface area contributed by atoms with Gasteiger partial charge in [-0.1, -0.05) is 41.7 Å². The molecule has 1 atom stereocenters. The average molecular weight is 314 g/mol. The lowest BCUT2D eigenvalue weighted by Crippen LogP contribution is -2.30. The van der Waals surface area contributed by atoms with Crippen LogP contribution in [0.15, 0.2) is 48.7 Å². The molecular weight excluding hydrogens is 300 g/mol. The quantitative estimate of drug-likeness (QED) is 0.911. The Morgan fingerprint density at radius 3 is 2.64 bits per heavy atom. The number of rotatable bonds is 3. The van der Waals surface area contributed by atoms with Gasteiger partial charge in [-0.3, -0.25) is 4.90 Å². The summed E-state index contributed by atoms with van der Waals surface area (Å²) in [4.78, 5) is 17.1. The van der Waals surface area contributed by atoms with Crippen LogP contribution in [0.1, 0.15) is 20.9 Å². The molecule has 0 fully saturated rings. The van der Waals surface area contributed by atoms with Crippen molar-refractivity contribution in [2.24, 2.45) is 0 Å². The third-order valence-corrected chi connectivity index (χ3v) is 4.49. The van der Waals surface area contributed by atoms with Gasteiger partial charge in [0.15, 0.2) is 11.4 Å². The molecule has 1 unspecified atom stereocenters. The van der Waals surface area contributed by atoms with Gasteiger partial charge in [-0.2, -0.15) is 0 Å². The molecule has 0 saturated carbocycles. The molecule has 22 heavy (non-hydrogen) atoms. The van der Waals surface area contributed by atoms with Gasteiger partial charge in [-0.05, 0) is 30.2 Å². The van der Waals surface area contributed by atoms with Crippen molar-refractivity contribution in [1.82, 2.24) is 4.98 Å². The minimum absolute atomic E-state index is 0.188. The van der Waals surface area contributed by atoms with Crippen molar-refractivity contribution in [3.05, 3.63) is 64.8 Å². The molecule has 0 spiro atoms. The molecule has 5 nitrogen and oxygen atoms in total. The Balaban J connectivity index is 1.88. The number of aliphatic hydroxyl groups excluding tert-OH is 1. The summed E-state index contributed by atoms with van der Waals surface area (Å²) in [6, 6.07) is 9.74. The number of aryl methyl sites for hydroxylation is 1. The number of hydrogen-bond acceptors (Lipinski definition) is 5. The molecule has 0 amide bonds. The fourth-order valence-corrected chi connectivity index (χ4v) is 3.16. The van der Waals surface area contributed by atoms with Gasteiger partial charge in [0.05, 0.1) is 5.69 Å². The van der Waals surface area contributed by atoms with Gasteiger partial charge in [0.25, 0.3) is 0 Å². The molecule has 1 aromatic heterocycles. The molecule has 6 heteroatoms. The molecule has 3 rings (SSSR count). The van der Waals surface area contributed by atoms with E-state index in [9.17, 15) is 9.90 Å². The third-order valence-electron chi connectivity index (χ3n) is 3.34. The first-order valence-electron chi connectivity index (χ1n) is 6.69. The highest BCUT2D eigenvalue weighted by Crippen LogP contribution is 2.31. The van der Waals surface area contributed by atoms with Crippen LogP contribution < -0.4 is 4.90 Å². The van der Waals surface area contributed by atoms with Gasteiger partial charge in [0.2, 0.25) is 0 Å². The standard InChI is InChI=1S/C16H14N2O3S/c1-10-14(15(20)21)22-16(17-10)18-8-7-12(9-13(18)19)11-5-3-2-4-6-11/h2-9,13,19H,1H3,(H,20,21). The first kappa shape index (κ1) is 14.5. The molecule has 1 aliphatic rings. The largest absolute Gasteiger partial charge is 0.477 e. The molecule has 0 saturated heterocycles. The SMILES string of the molecule is Cc1nc(N2C=CC(c3ccccc3)=CC2O)sc1C(=O)O. The molecule has 2 N–H and O–H groups in total. The van der Waals surface area contributed by atoms with Crippen molar-refractivity contribution < 1.29 is 15.0 Å². The number of nitrogens with zero attached hydrogens (tertiary/aromatic N) is 2. The lowest BCUT2D eigenvalue weighted by molar-refractivity contribution is 0.0701. The number of carboxylic acid groups (broad SMARTS) is 1. The van der Waals surface area contributed by atoms with E-state index in [1.165, 1.54) is 0 Å². The Morgan fingerprint density at radius 1 is 1.32 bits per heavy atom. The van der Waals surface area contributed by atoms with Crippen molar-refractivity contribution in [3.63, 3.8) is 0 Å². The molecule has 112 valence electrons. The van der Waals surface area contributed by atoms with Crippen LogP contribution in [0.4, 0.5) is 5.13 Å². The highest BCUT2D eigenvalue weighted by molar-refractivity contribution is 7.17. The smallest absolute Gasteiger partial charge is 0.347 e. The first-order valence-corrected chi connectivity index (χ1v) is 7.50. The second-order valence-corrected chi connectivity index (χ2v) is 5.82. The maximum atomic E-state index is 11.1. The van der Waals surface area contributed by atoms with Gasteiger partial charge < -0.3 is 10.2 Å². The summed E-state index contributed by atoms with van der Waals surface area (Å²) in [5.41, 5.74) is 2.38. The van der Waals surface area contributed by atoms with Crippen molar-refractivity contribution in [3.8, 4) is 0 Å². The maximum absolute atomic E-state index is 11.1. The first-order chi connectivity index (χ1) is 10.6. The highest BCUT2D eigenvalue weighted by Gasteiger charge is 2.23. The second-order valence-electron chi connectivity index (χ2n) is 4.84. The van der Waals surface area contributed by atoms with Gasteiger partial charge in [-0.15, -0.1) is 0 Å². The predicted molar refractivity (Wildman–Crippen MR) is 85.9 cm³/mol.